The Hall–Kier alpha value is -0.300. The van der Waals surface area contributed by atoms with Crippen molar-refractivity contribution in [1.82, 2.24) is 10.2 Å². The van der Waals surface area contributed by atoms with Crippen LogP contribution in [0.2, 0.25) is 0 Å². The van der Waals surface area contributed by atoms with E-state index in [1.54, 1.807) is 11.8 Å². The van der Waals surface area contributed by atoms with Gasteiger partial charge in [0.15, 0.2) is 0 Å². The van der Waals surface area contributed by atoms with E-state index in [0.29, 0.717) is 19.7 Å². The Morgan fingerprint density at radius 3 is 2.89 bits per heavy atom. The molecule has 1 amide bonds. The largest absolute Gasteiger partial charge is 0.375 e. The molecule has 5 nitrogen and oxygen atoms in total. The van der Waals surface area contributed by atoms with E-state index in [2.05, 4.69) is 5.32 Å². The fourth-order valence-corrected chi connectivity index (χ4v) is 3.70. The Kier molecular flexibility index (Phi) is 4.08. The summed E-state index contributed by atoms with van der Waals surface area (Å²) in [6.45, 7) is 2.87. The molecule has 6 heteroatoms. The molecule has 3 aliphatic rings. The highest BCUT2D eigenvalue weighted by Crippen LogP contribution is 2.22. The summed E-state index contributed by atoms with van der Waals surface area (Å²) in [5, 5.41) is 3.24. The maximum atomic E-state index is 12.3. The monoisotopic (exact) mass is 272 g/mol. The molecule has 3 saturated heterocycles. The van der Waals surface area contributed by atoms with Crippen molar-refractivity contribution in [3.8, 4) is 0 Å². The molecule has 0 spiro atoms. The molecule has 3 fully saturated rings. The third kappa shape index (κ3) is 2.66. The lowest BCUT2D eigenvalue weighted by molar-refractivity contribution is -0.146. The van der Waals surface area contributed by atoms with Crippen LogP contribution in [-0.4, -0.2) is 67.0 Å². The number of ether oxygens (including phenoxy) is 2. The smallest absolute Gasteiger partial charge is 0.240 e. The Labute approximate surface area is 112 Å². The first-order valence-electron chi connectivity index (χ1n) is 6.68. The first-order chi connectivity index (χ1) is 8.84. The molecule has 3 rings (SSSR count). The molecule has 3 aliphatic heterocycles. The normalized spacial score (nSPS) is 37.1. The van der Waals surface area contributed by atoms with Crippen LogP contribution in [0, 0.1) is 0 Å². The molecule has 0 aliphatic carbocycles. The third-order valence-electron chi connectivity index (χ3n) is 3.80. The van der Waals surface area contributed by atoms with Gasteiger partial charge in [0.1, 0.15) is 6.10 Å². The summed E-state index contributed by atoms with van der Waals surface area (Å²) in [4.78, 5) is 14.3. The summed E-state index contributed by atoms with van der Waals surface area (Å²) in [7, 11) is 0. The van der Waals surface area contributed by atoms with Crippen molar-refractivity contribution >= 4 is 17.7 Å². The first kappa shape index (κ1) is 12.7. The van der Waals surface area contributed by atoms with Crippen LogP contribution < -0.4 is 5.32 Å². The second kappa shape index (κ2) is 5.77. The van der Waals surface area contributed by atoms with E-state index in [1.165, 1.54) is 0 Å². The zero-order valence-electron chi connectivity index (χ0n) is 10.5. The second-order valence-corrected chi connectivity index (χ2v) is 6.05. The van der Waals surface area contributed by atoms with Crippen LogP contribution in [0.15, 0.2) is 0 Å². The predicted molar refractivity (Wildman–Crippen MR) is 69.5 cm³/mol. The maximum absolute atomic E-state index is 12.3. The molecule has 1 N–H and O–H groups in total. The standard InChI is InChI=1S/C12H20N2O3S/c15-12(9-7-18-8-13-9)14-3-5-17-11(6-14)10-2-1-4-16-10/h9-11,13H,1-8H2. The summed E-state index contributed by atoms with van der Waals surface area (Å²) in [6, 6.07) is -0.00162. The van der Waals surface area contributed by atoms with Gasteiger partial charge in [-0.25, -0.2) is 0 Å². The fraction of sp³-hybridized carbons (Fsp3) is 0.917. The number of morpholine rings is 1. The molecule has 0 saturated carbocycles. The van der Waals surface area contributed by atoms with Gasteiger partial charge in [-0.05, 0) is 12.8 Å². The summed E-state index contributed by atoms with van der Waals surface area (Å²) >= 11 is 1.79. The molecule has 0 radical (unpaired) electrons. The van der Waals surface area contributed by atoms with E-state index in [4.69, 9.17) is 9.47 Å². The fourth-order valence-electron chi connectivity index (χ4n) is 2.77. The third-order valence-corrected chi connectivity index (χ3v) is 4.74. The second-order valence-electron chi connectivity index (χ2n) is 5.02. The molecule has 0 aromatic heterocycles. The quantitative estimate of drug-likeness (QED) is 0.770. The minimum Gasteiger partial charge on any atom is -0.375 e. The molecule has 0 aromatic rings. The van der Waals surface area contributed by atoms with Gasteiger partial charge >= 0.3 is 0 Å². The van der Waals surface area contributed by atoms with Gasteiger partial charge in [0.05, 0.1) is 18.8 Å². The van der Waals surface area contributed by atoms with Gasteiger partial charge in [-0.2, -0.15) is 0 Å². The Morgan fingerprint density at radius 1 is 1.28 bits per heavy atom. The number of nitrogens with zero attached hydrogens (tertiary/aromatic N) is 1. The highest BCUT2D eigenvalue weighted by molar-refractivity contribution is 7.99. The molecule has 18 heavy (non-hydrogen) atoms. The van der Waals surface area contributed by atoms with Gasteiger partial charge in [-0.1, -0.05) is 0 Å². The first-order valence-corrected chi connectivity index (χ1v) is 7.83. The molecule has 102 valence electrons. The average Bonchev–Trinajstić information content (AvgIpc) is 3.11. The van der Waals surface area contributed by atoms with Crippen molar-refractivity contribution in [2.24, 2.45) is 0 Å². The zero-order valence-corrected chi connectivity index (χ0v) is 11.3. The van der Waals surface area contributed by atoms with E-state index >= 15 is 0 Å². The topological polar surface area (TPSA) is 50.8 Å². The van der Waals surface area contributed by atoms with Gasteiger partial charge < -0.3 is 14.4 Å². The maximum Gasteiger partial charge on any atom is 0.240 e. The van der Waals surface area contributed by atoms with Gasteiger partial charge in [-0.3, -0.25) is 10.1 Å². The number of carbonyl (C=O) groups excluding carboxylic acids is 1. The van der Waals surface area contributed by atoms with E-state index in [1.807, 2.05) is 4.90 Å². The summed E-state index contributed by atoms with van der Waals surface area (Å²) in [5.74, 6) is 2.00. The molecule has 0 bridgehead atoms. The van der Waals surface area contributed by atoms with Crippen LogP contribution in [0.1, 0.15) is 12.8 Å². The van der Waals surface area contributed by atoms with Crippen molar-refractivity contribution in [3.63, 3.8) is 0 Å². The summed E-state index contributed by atoms with van der Waals surface area (Å²) in [6.07, 6.45) is 2.43. The Morgan fingerprint density at radius 2 is 2.17 bits per heavy atom. The molecule has 3 unspecified atom stereocenters. The number of rotatable bonds is 2. The van der Waals surface area contributed by atoms with Crippen molar-refractivity contribution in [3.05, 3.63) is 0 Å². The lowest BCUT2D eigenvalue weighted by atomic mass is 10.1. The SMILES string of the molecule is O=C(C1CSCN1)N1CCOC(C2CCCO2)C1. The minimum absolute atomic E-state index is 0.00162. The average molecular weight is 272 g/mol. The van der Waals surface area contributed by atoms with Crippen molar-refractivity contribution in [2.75, 3.05) is 37.9 Å². The van der Waals surface area contributed by atoms with Crippen molar-refractivity contribution < 1.29 is 14.3 Å². The van der Waals surface area contributed by atoms with Crippen molar-refractivity contribution in [2.45, 2.75) is 31.1 Å². The number of nitrogens with one attached hydrogen (secondary N) is 1. The molecular formula is C12H20N2O3S. The van der Waals surface area contributed by atoms with Crippen molar-refractivity contribution in [1.29, 1.82) is 0 Å². The van der Waals surface area contributed by atoms with Crippen LogP contribution in [0.25, 0.3) is 0 Å². The van der Waals surface area contributed by atoms with Crippen LogP contribution in [0.3, 0.4) is 0 Å². The molecule has 3 atom stereocenters. The lowest BCUT2D eigenvalue weighted by Gasteiger charge is -2.36. The predicted octanol–water partition coefficient (Wildman–Crippen LogP) is 0.0553. The van der Waals surface area contributed by atoms with E-state index in [9.17, 15) is 4.79 Å². The van der Waals surface area contributed by atoms with E-state index in [0.717, 1.165) is 31.1 Å². The van der Waals surface area contributed by atoms with Crippen LogP contribution in [0.5, 0.6) is 0 Å². The van der Waals surface area contributed by atoms with Crippen LogP contribution in [-0.2, 0) is 14.3 Å². The Balaban J connectivity index is 1.57. The highest BCUT2D eigenvalue weighted by Gasteiger charge is 2.35. The highest BCUT2D eigenvalue weighted by atomic mass is 32.2. The van der Waals surface area contributed by atoms with Gasteiger partial charge in [0, 0.05) is 31.3 Å². The molecule has 0 aromatic carbocycles. The van der Waals surface area contributed by atoms with Gasteiger partial charge in [0.25, 0.3) is 0 Å². The number of thioether (sulfide) groups is 1. The number of hydrogen-bond acceptors (Lipinski definition) is 5. The van der Waals surface area contributed by atoms with E-state index < -0.39 is 0 Å². The summed E-state index contributed by atoms with van der Waals surface area (Å²) < 4.78 is 11.4. The number of carbonyl (C=O) groups is 1. The van der Waals surface area contributed by atoms with Gasteiger partial charge in [-0.15, -0.1) is 11.8 Å². The van der Waals surface area contributed by atoms with Crippen LogP contribution >= 0.6 is 11.8 Å². The molecule has 3 heterocycles. The lowest BCUT2D eigenvalue weighted by Crippen LogP contribution is -2.54. The molecular weight excluding hydrogens is 252 g/mol. The number of amides is 1. The Bertz CT molecular complexity index is 304. The van der Waals surface area contributed by atoms with Crippen LogP contribution in [0.4, 0.5) is 0 Å². The summed E-state index contributed by atoms with van der Waals surface area (Å²) in [5.41, 5.74) is 0. The minimum atomic E-state index is -0.00162. The number of hydrogen-bond donors (Lipinski definition) is 1. The van der Waals surface area contributed by atoms with E-state index in [-0.39, 0.29) is 24.2 Å². The van der Waals surface area contributed by atoms with Gasteiger partial charge in [0.2, 0.25) is 5.91 Å². The zero-order chi connectivity index (χ0) is 12.4.